The number of ether oxygens (including phenoxy) is 1. The lowest BCUT2D eigenvalue weighted by molar-refractivity contribution is -0.143. The fourth-order valence-corrected chi connectivity index (χ4v) is 10.4. The molecular weight excluding hydrogens is 899 g/mol. The number of esters is 1. The van der Waals surface area contributed by atoms with Crippen molar-refractivity contribution in [3.05, 3.63) is 24.3 Å². The van der Waals surface area contributed by atoms with E-state index in [1.54, 1.807) is 0 Å². The number of allylic oxidation sites excluding steroid dienone is 4. The fraction of sp³-hybridized carbons (Fsp3) is 0.910. The minimum Gasteiger partial charge on any atom is -0.466 e. The number of amides is 1. The van der Waals surface area contributed by atoms with E-state index < -0.39 is 12.1 Å². The second kappa shape index (κ2) is 62.9. The molecule has 0 aromatic carbocycles. The Kier molecular flexibility index (Phi) is 61.4. The maximum absolute atomic E-state index is 12.5. The van der Waals surface area contributed by atoms with Gasteiger partial charge in [0.2, 0.25) is 5.91 Å². The van der Waals surface area contributed by atoms with E-state index in [0.717, 1.165) is 51.4 Å². The summed E-state index contributed by atoms with van der Waals surface area (Å²) in [5, 5.41) is 23.2. The molecule has 0 rings (SSSR count). The molecule has 2 unspecified atom stereocenters. The molecule has 0 aromatic heterocycles. The first-order valence-electron chi connectivity index (χ1n) is 33.1. The molecule has 0 heterocycles. The van der Waals surface area contributed by atoms with Gasteiger partial charge in [-0.25, -0.2) is 0 Å². The summed E-state index contributed by atoms with van der Waals surface area (Å²) >= 11 is 0. The van der Waals surface area contributed by atoms with Gasteiger partial charge in [-0.1, -0.05) is 327 Å². The average molecular weight is 1030 g/mol. The van der Waals surface area contributed by atoms with Crippen LogP contribution in [0.2, 0.25) is 0 Å². The number of aliphatic hydroxyl groups excluding tert-OH is 2. The molecule has 6 heteroatoms. The molecule has 6 nitrogen and oxygen atoms in total. The summed E-state index contributed by atoms with van der Waals surface area (Å²) in [6.45, 7) is 4.92. The first kappa shape index (κ1) is 71.3. The van der Waals surface area contributed by atoms with Crippen molar-refractivity contribution in [2.24, 2.45) is 0 Å². The van der Waals surface area contributed by atoms with E-state index in [-0.39, 0.29) is 18.5 Å². The zero-order chi connectivity index (χ0) is 52.9. The summed E-state index contributed by atoms with van der Waals surface area (Å²) in [5.74, 6) is -0.0240. The molecule has 0 radical (unpaired) electrons. The van der Waals surface area contributed by atoms with Crippen LogP contribution in [0.25, 0.3) is 0 Å². The lowest BCUT2D eigenvalue weighted by Crippen LogP contribution is -2.45. The molecule has 0 aliphatic carbocycles. The van der Waals surface area contributed by atoms with E-state index in [0.29, 0.717) is 25.9 Å². The normalized spacial score (nSPS) is 12.7. The molecule has 1 amide bonds. The Morgan fingerprint density at radius 2 is 0.699 bits per heavy atom. The molecule has 73 heavy (non-hydrogen) atoms. The van der Waals surface area contributed by atoms with Gasteiger partial charge in [-0.15, -0.1) is 0 Å². The van der Waals surface area contributed by atoms with E-state index in [2.05, 4.69) is 43.5 Å². The Hall–Kier alpha value is -1.66. The van der Waals surface area contributed by atoms with E-state index >= 15 is 0 Å². The Bertz CT molecular complexity index is 1140. The van der Waals surface area contributed by atoms with E-state index in [1.807, 2.05) is 0 Å². The average Bonchev–Trinajstić information content (AvgIpc) is 3.39. The minimum atomic E-state index is -0.659. The fourth-order valence-electron chi connectivity index (χ4n) is 10.4. The Morgan fingerprint density at radius 3 is 1.08 bits per heavy atom. The summed E-state index contributed by atoms with van der Waals surface area (Å²) in [6, 6.07) is -0.536. The van der Waals surface area contributed by atoms with Crippen LogP contribution >= 0.6 is 0 Å². The van der Waals surface area contributed by atoms with Gasteiger partial charge in [0, 0.05) is 12.8 Å². The summed E-state index contributed by atoms with van der Waals surface area (Å²) in [4.78, 5) is 24.5. The molecule has 0 spiro atoms. The number of carbonyl (C=O) groups is 2. The second-order valence-corrected chi connectivity index (χ2v) is 22.8. The molecule has 0 aromatic rings. The predicted molar refractivity (Wildman–Crippen MR) is 320 cm³/mol. The van der Waals surface area contributed by atoms with Gasteiger partial charge in [-0.3, -0.25) is 9.59 Å². The van der Waals surface area contributed by atoms with Crippen LogP contribution in [-0.2, 0) is 14.3 Å². The standard InChI is InChI=1S/C67H129NO5/c1-3-5-7-9-11-13-15-16-37-41-45-49-53-57-61-67(72)73-62-58-54-50-46-42-38-35-33-31-29-27-25-23-21-19-17-18-20-22-24-26-28-30-32-34-36-40-44-48-52-56-60-66(71)68-64(63-69)65(70)59-55-51-47-43-39-14-12-10-8-6-4-2/h9,11,15-16,64-65,69-70H,3-8,10,12-14,17-63H2,1-2H3,(H,68,71)/b11-9-,16-15-. The monoisotopic (exact) mass is 1030 g/mol. The van der Waals surface area contributed by atoms with Gasteiger partial charge < -0.3 is 20.3 Å². The van der Waals surface area contributed by atoms with E-state index in [4.69, 9.17) is 4.74 Å². The molecule has 0 bridgehead atoms. The van der Waals surface area contributed by atoms with Gasteiger partial charge in [0.05, 0.1) is 25.4 Å². The van der Waals surface area contributed by atoms with Gasteiger partial charge in [0.1, 0.15) is 0 Å². The largest absolute Gasteiger partial charge is 0.466 e. The van der Waals surface area contributed by atoms with Crippen molar-refractivity contribution >= 4 is 11.9 Å². The Balaban J connectivity index is 3.30. The summed E-state index contributed by atoms with van der Waals surface area (Å²) < 4.78 is 5.48. The third-order valence-electron chi connectivity index (χ3n) is 15.5. The third-order valence-corrected chi connectivity index (χ3v) is 15.5. The van der Waals surface area contributed by atoms with Gasteiger partial charge in [0.25, 0.3) is 0 Å². The van der Waals surface area contributed by atoms with E-state index in [1.165, 1.54) is 283 Å². The molecule has 0 saturated heterocycles. The van der Waals surface area contributed by atoms with Crippen LogP contribution in [0.15, 0.2) is 24.3 Å². The quantitative estimate of drug-likeness (QED) is 0.0320. The lowest BCUT2D eigenvalue weighted by Gasteiger charge is -2.22. The van der Waals surface area contributed by atoms with Gasteiger partial charge in [-0.2, -0.15) is 0 Å². The first-order valence-corrected chi connectivity index (χ1v) is 33.1. The van der Waals surface area contributed by atoms with Crippen LogP contribution in [0.1, 0.15) is 367 Å². The first-order chi connectivity index (χ1) is 36.0. The maximum Gasteiger partial charge on any atom is 0.305 e. The Morgan fingerprint density at radius 1 is 0.384 bits per heavy atom. The summed E-state index contributed by atoms with van der Waals surface area (Å²) in [7, 11) is 0. The molecular formula is C67H129NO5. The van der Waals surface area contributed by atoms with Crippen LogP contribution in [0.3, 0.4) is 0 Å². The van der Waals surface area contributed by atoms with Crippen molar-refractivity contribution < 1.29 is 24.5 Å². The third kappa shape index (κ3) is 59.4. The summed E-state index contributed by atoms with van der Waals surface area (Å²) in [6.07, 6.45) is 77.9. The van der Waals surface area contributed by atoms with Gasteiger partial charge in [-0.05, 0) is 51.4 Å². The van der Waals surface area contributed by atoms with Crippen LogP contribution in [0, 0.1) is 0 Å². The predicted octanol–water partition coefficient (Wildman–Crippen LogP) is 21.0. The van der Waals surface area contributed by atoms with Crippen molar-refractivity contribution in [1.82, 2.24) is 5.32 Å². The highest BCUT2D eigenvalue weighted by molar-refractivity contribution is 5.76. The van der Waals surface area contributed by atoms with Crippen LogP contribution < -0.4 is 5.32 Å². The summed E-state index contributed by atoms with van der Waals surface area (Å²) in [5.41, 5.74) is 0. The second-order valence-electron chi connectivity index (χ2n) is 22.8. The molecule has 0 saturated carbocycles. The molecule has 3 N–H and O–H groups in total. The number of carbonyl (C=O) groups excluding carboxylic acids is 2. The van der Waals surface area contributed by atoms with Crippen LogP contribution in [-0.4, -0.2) is 47.4 Å². The highest BCUT2D eigenvalue weighted by Gasteiger charge is 2.20. The number of aliphatic hydroxyl groups is 2. The van der Waals surface area contributed by atoms with Gasteiger partial charge in [0.15, 0.2) is 0 Å². The number of hydrogen-bond acceptors (Lipinski definition) is 5. The zero-order valence-corrected chi connectivity index (χ0v) is 49.4. The molecule has 432 valence electrons. The molecule has 0 aliphatic heterocycles. The number of unbranched alkanes of at least 4 members (excludes halogenated alkanes) is 47. The van der Waals surface area contributed by atoms with E-state index in [9.17, 15) is 19.8 Å². The van der Waals surface area contributed by atoms with Crippen LogP contribution in [0.5, 0.6) is 0 Å². The number of nitrogens with one attached hydrogen (secondary N) is 1. The highest BCUT2D eigenvalue weighted by Crippen LogP contribution is 2.19. The van der Waals surface area contributed by atoms with Crippen molar-refractivity contribution in [2.45, 2.75) is 379 Å². The zero-order valence-electron chi connectivity index (χ0n) is 49.4. The van der Waals surface area contributed by atoms with Crippen molar-refractivity contribution in [3.63, 3.8) is 0 Å². The SMILES string of the molecule is CCCC/C=C\C/C=C\CCCCCCCC(=O)OCCCCCCCCCCCCCCCCCCCCCCCCCCCCCCCCCC(=O)NC(CO)C(O)CCCCCCCCCCCCC. The molecule has 2 atom stereocenters. The highest BCUT2D eigenvalue weighted by atomic mass is 16.5. The topological polar surface area (TPSA) is 95.9 Å². The number of hydrogen-bond donors (Lipinski definition) is 3. The Labute approximate surface area is 456 Å². The minimum absolute atomic E-state index is 0.00626. The lowest BCUT2D eigenvalue weighted by atomic mass is 10.0. The van der Waals surface area contributed by atoms with Crippen molar-refractivity contribution in [3.8, 4) is 0 Å². The molecule has 0 aliphatic rings. The number of rotatable bonds is 62. The molecule has 0 fully saturated rings. The van der Waals surface area contributed by atoms with Crippen molar-refractivity contribution in [1.29, 1.82) is 0 Å². The van der Waals surface area contributed by atoms with Crippen LogP contribution in [0.4, 0.5) is 0 Å². The van der Waals surface area contributed by atoms with Crippen molar-refractivity contribution in [2.75, 3.05) is 13.2 Å². The van der Waals surface area contributed by atoms with Gasteiger partial charge >= 0.3 is 5.97 Å². The smallest absolute Gasteiger partial charge is 0.305 e. The maximum atomic E-state index is 12.5.